The second kappa shape index (κ2) is 14.1. The number of ether oxygens (including phenoxy) is 3. The van der Waals surface area contributed by atoms with E-state index in [2.05, 4.69) is 20.5 Å². The molecule has 0 atom stereocenters. The van der Waals surface area contributed by atoms with Crippen molar-refractivity contribution in [1.82, 2.24) is 30.1 Å². The monoisotopic (exact) mass is 582 g/mol. The molecule has 0 N–H and O–H groups in total. The number of carbonyl (C=O) groups is 1. The standard InChI is InChI=1S/C32H34N6O5/c1-4-19-38-30(34-35-36-38)22-37(32(39)43-28-16-14-26(40-3)15-17-28)21-24-10-12-27(13-11-24)41-20-18-29-23(2)42-31(33-29)25-8-6-5-7-9-25/h5-17H,4,18-22H2,1-3H3. The van der Waals surface area contributed by atoms with Gasteiger partial charge in [0.2, 0.25) is 5.89 Å². The maximum atomic E-state index is 13.3. The topological polar surface area (TPSA) is 118 Å². The number of tetrazole rings is 1. The third-order valence-electron chi connectivity index (χ3n) is 6.71. The lowest BCUT2D eigenvalue weighted by Crippen LogP contribution is -2.33. The molecule has 0 fully saturated rings. The van der Waals surface area contributed by atoms with Gasteiger partial charge in [0.25, 0.3) is 0 Å². The number of nitrogens with zero attached hydrogens (tertiary/aromatic N) is 6. The molecule has 222 valence electrons. The molecule has 2 aromatic heterocycles. The maximum Gasteiger partial charge on any atom is 0.415 e. The Balaban J connectivity index is 1.22. The predicted octanol–water partition coefficient (Wildman–Crippen LogP) is 5.88. The SMILES string of the molecule is CCCn1nnnc1CN(Cc1ccc(OCCc2nc(-c3ccccc3)oc2C)cc1)C(=O)Oc1ccc(OC)cc1. The van der Waals surface area contributed by atoms with Gasteiger partial charge in [-0.3, -0.25) is 4.90 Å². The third-order valence-corrected chi connectivity index (χ3v) is 6.71. The van der Waals surface area contributed by atoms with Gasteiger partial charge in [0, 0.05) is 25.1 Å². The first-order chi connectivity index (χ1) is 21.0. The highest BCUT2D eigenvalue weighted by molar-refractivity contribution is 5.70. The van der Waals surface area contributed by atoms with Crippen molar-refractivity contribution < 1.29 is 23.4 Å². The average molecular weight is 583 g/mol. The molecule has 0 bridgehead atoms. The molecule has 0 unspecified atom stereocenters. The van der Waals surface area contributed by atoms with Crippen molar-refractivity contribution in [3.8, 4) is 28.7 Å². The summed E-state index contributed by atoms with van der Waals surface area (Å²) in [5.41, 5.74) is 2.71. The highest BCUT2D eigenvalue weighted by Gasteiger charge is 2.21. The summed E-state index contributed by atoms with van der Waals surface area (Å²) in [6, 6.07) is 24.3. The van der Waals surface area contributed by atoms with Crippen molar-refractivity contribution in [3.63, 3.8) is 0 Å². The van der Waals surface area contributed by atoms with E-state index in [1.807, 2.05) is 68.4 Å². The highest BCUT2D eigenvalue weighted by atomic mass is 16.6. The number of methoxy groups -OCH3 is 1. The average Bonchev–Trinajstić information content (AvgIpc) is 3.64. The van der Waals surface area contributed by atoms with E-state index < -0.39 is 6.09 Å². The van der Waals surface area contributed by atoms with Crippen molar-refractivity contribution in [2.75, 3.05) is 13.7 Å². The van der Waals surface area contributed by atoms with Gasteiger partial charge in [-0.15, -0.1) is 5.10 Å². The van der Waals surface area contributed by atoms with Crippen LogP contribution in [0.5, 0.6) is 17.2 Å². The van der Waals surface area contributed by atoms with Crippen LogP contribution in [0.1, 0.15) is 36.2 Å². The molecule has 5 rings (SSSR count). The smallest absolute Gasteiger partial charge is 0.415 e. The van der Waals surface area contributed by atoms with Gasteiger partial charge in [0.05, 0.1) is 26.0 Å². The van der Waals surface area contributed by atoms with E-state index in [1.54, 1.807) is 41.0 Å². The first-order valence-electron chi connectivity index (χ1n) is 14.1. The second-order valence-electron chi connectivity index (χ2n) is 9.85. The molecule has 0 aliphatic carbocycles. The Morgan fingerprint density at radius 3 is 2.37 bits per heavy atom. The van der Waals surface area contributed by atoms with Crippen LogP contribution in [0.15, 0.2) is 83.3 Å². The molecule has 1 amide bonds. The zero-order chi connectivity index (χ0) is 30.0. The van der Waals surface area contributed by atoms with Crippen LogP contribution in [0.4, 0.5) is 4.79 Å². The van der Waals surface area contributed by atoms with Crippen molar-refractivity contribution in [2.45, 2.75) is 46.3 Å². The summed E-state index contributed by atoms with van der Waals surface area (Å²) in [6.07, 6.45) is 0.955. The van der Waals surface area contributed by atoms with Crippen molar-refractivity contribution >= 4 is 6.09 Å². The molecule has 0 radical (unpaired) electrons. The maximum absolute atomic E-state index is 13.3. The van der Waals surface area contributed by atoms with Crippen LogP contribution < -0.4 is 14.2 Å². The molecule has 2 heterocycles. The number of oxazole rings is 1. The Labute approximate surface area is 250 Å². The normalized spacial score (nSPS) is 10.9. The zero-order valence-corrected chi connectivity index (χ0v) is 24.5. The molecule has 5 aromatic rings. The second-order valence-corrected chi connectivity index (χ2v) is 9.85. The minimum atomic E-state index is -0.519. The Hall–Kier alpha value is -5.19. The van der Waals surface area contributed by atoms with E-state index >= 15 is 0 Å². The van der Waals surface area contributed by atoms with Crippen LogP contribution in [0.3, 0.4) is 0 Å². The summed E-state index contributed by atoms with van der Waals surface area (Å²) < 4.78 is 24.4. The molecular weight excluding hydrogens is 548 g/mol. The molecule has 43 heavy (non-hydrogen) atoms. The van der Waals surface area contributed by atoms with Crippen LogP contribution in [0, 0.1) is 6.92 Å². The van der Waals surface area contributed by atoms with Crippen LogP contribution in [0.25, 0.3) is 11.5 Å². The fourth-order valence-corrected chi connectivity index (χ4v) is 4.43. The number of hydrogen-bond donors (Lipinski definition) is 0. The minimum Gasteiger partial charge on any atom is -0.497 e. The van der Waals surface area contributed by atoms with E-state index in [4.69, 9.17) is 18.6 Å². The van der Waals surface area contributed by atoms with Gasteiger partial charge < -0.3 is 18.6 Å². The van der Waals surface area contributed by atoms with Gasteiger partial charge >= 0.3 is 6.09 Å². The fourth-order valence-electron chi connectivity index (χ4n) is 4.43. The Kier molecular flexibility index (Phi) is 9.63. The van der Waals surface area contributed by atoms with Gasteiger partial charge in [-0.2, -0.15) is 0 Å². The summed E-state index contributed by atoms with van der Waals surface area (Å²) in [5.74, 6) is 3.76. The minimum absolute atomic E-state index is 0.183. The number of rotatable bonds is 13. The van der Waals surface area contributed by atoms with Crippen molar-refractivity contribution in [2.24, 2.45) is 0 Å². The number of amides is 1. The van der Waals surface area contributed by atoms with E-state index in [-0.39, 0.29) is 13.1 Å². The van der Waals surface area contributed by atoms with Crippen LogP contribution in [-0.2, 0) is 26.1 Å². The van der Waals surface area contributed by atoms with Gasteiger partial charge in [-0.25, -0.2) is 14.5 Å². The number of carbonyl (C=O) groups excluding carboxylic acids is 1. The predicted molar refractivity (Wildman–Crippen MR) is 159 cm³/mol. The molecule has 0 saturated heterocycles. The van der Waals surface area contributed by atoms with E-state index in [0.717, 1.165) is 29.0 Å². The molecule has 0 saturated carbocycles. The van der Waals surface area contributed by atoms with E-state index in [9.17, 15) is 4.79 Å². The molecule has 11 nitrogen and oxygen atoms in total. The summed E-state index contributed by atoms with van der Waals surface area (Å²) >= 11 is 0. The lowest BCUT2D eigenvalue weighted by molar-refractivity contribution is 0.144. The molecule has 0 spiro atoms. The van der Waals surface area contributed by atoms with E-state index in [1.165, 1.54) is 0 Å². The molecule has 3 aromatic carbocycles. The lowest BCUT2D eigenvalue weighted by atomic mass is 10.2. The van der Waals surface area contributed by atoms with Crippen molar-refractivity contribution in [3.05, 3.63) is 102 Å². The lowest BCUT2D eigenvalue weighted by Gasteiger charge is -2.22. The third kappa shape index (κ3) is 7.76. The number of hydrogen-bond acceptors (Lipinski definition) is 9. The van der Waals surface area contributed by atoms with Gasteiger partial charge in [0.15, 0.2) is 5.82 Å². The van der Waals surface area contributed by atoms with Gasteiger partial charge in [0.1, 0.15) is 23.0 Å². The molecule has 0 aliphatic heterocycles. The molecule has 0 aliphatic rings. The Morgan fingerprint density at radius 2 is 1.65 bits per heavy atom. The molecular formula is C32H34N6O5. The fraction of sp³-hybridized carbons (Fsp3) is 0.281. The zero-order valence-electron chi connectivity index (χ0n) is 24.5. The number of aromatic nitrogens is 5. The van der Waals surface area contributed by atoms with Crippen LogP contribution >= 0.6 is 0 Å². The first kappa shape index (κ1) is 29.3. The number of aryl methyl sites for hydroxylation is 2. The largest absolute Gasteiger partial charge is 0.497 e. The summed E-state index contributed by atoms with van der Waals surface area (Å²) in [7, 11) is 1.58. The summed E-state index contributed by atoms with van der Waals surface area (Å²) in [5, 5.41) is 12.0. The van der Waals surface area contributed by atoms with Crippen LogP contribution in [-0.4, -0.2) is 49.9 Å². The Bertz CT molecular complexity index is 1600. The Morgan fingerprint density at radius 1 is 0.930 bits per heavy atom. The molecule has 11 heteroatoms. The van der Waals surface area contributed by atoms with Crippen molar-refractivity contribution in [1.29, 1.82) is 0 Å². The first-order valence-corrected chi connectivity index (χ1v) is 14.1. The van der Waals surface area contributed by atoms with Gasteiger partial charge in [-0.1, -0.05) is 37.3 Å². The van der Waals surface area contributed by atoms with E-state index in [0.29, 0.717) is 48.5 Å². The quantitative estimate of drug-likeness (QED) is 0.168. The van der Waals surface area contributed by atoms with Gasteiger partial charge in [-0.05, 0) is 77.9 Å². The number of benzene rings is 3. The summed E-state index contributed by atoms with van der Waals surface area (Å²) in [4.78, 5) is 19.5. The van der Waals surface area contributed by atoms with Crippen LogP contribution in [0.2, 0.25) is 0 Å². The highest BCUT2D eigenvalue weighted by Crippen LogP contribution is 2.23. The summed E-state index contributed by atoms with van der Waals surface area (Å²) in [6.45, 7) is 5.52.